The van der Waals surface area contributed by atoms with E-state index in [2.05, 4.69) is 4.72 Å². The lowest BCUT2D eigenvalue weighted by atomic mass is 9.91. The van der Waals surface area contributed by atoms with Crippen LogP contribution in [0.4, 0.5) is 0 Å². The molecule has 134 valence electrons. The highest BCUT2D eigenvalue weighted by Gasteiger charge is 2.31. The van der Waals surface area contributed by atoms with Gasteiger partial charge >= 0.3 is 0 Å². The first-order chi connectivity index (χ1) is 11.9. The van der Waals surface area contributed by atoms with E-state index in [0.717, 1.165) is 16.7 Å². The third kappa shape index (κ3) is 5.26. The van der Waals surface area contributed by atoms with E-state index in [4.69, 9.17) is 4.74 Å². The van der Waals surface area contributed by atoms with Crippen molar-refractivity contribution in [2.45, 2.75) is 25.9 Å². The van der Waals surface area contributed by atoms with Gasteiger partial charge in [-0.1, -0.05) is 67.1 Å². The average Bonchev–Trinajstić information content (AvgIpc) is 2.63. The lowest BCUT2D eigenvalue weighted by Gasteiger charge is -2.32. The molecule has 4 nitrogen and oxygen atoms in total. The molecule has 0 aromatic heterocycles. The first kappa shape index (κ1) is 19.4. The van der Waals surface area contributed by atoms with Crippen LogP contribution in [0.15, 0.2) is 60.0 Å². The van der Waals surface area contributed by atoms with Crippen molar-refractivity contribution in [3.63, 3.8) is 0 Å². The average molecular weight is 359 g/mol. The monoisotopic (exact) mass is 359 g/mol. The van der Waals surface area contributed by atoms with Crippen molar-refractivity contribution in [2.75, 3.05) is 13.7 Å². The fourth-order valence-corrected chi connectivity index (χ4v) is 3.49. The van der Waals surface area contributed by atoms with Crippen molar-refractivity contribution < 1.29 is 13.2 Å². The summed E-state index contributed by atoms with van der Waals surface area (Å²) in [4.78, 5) is 0. The second-order valence-electron chi connectivity index (χ2n) is 6.00. The van der Waals surface area contributed by atoms with E-state index in [0.29, 0.717) is 6.42 Å². The van der Waals surface area contributed by atoms with Crippen molar-refractivity contribution in [1.29, 1.82) is 0 Å². The van der Waals surface area contributed by atoms with E-state index in [-0.39, 0.29) is 6.54 Å². The van der Waals surface area contributed by atoms with Crippen LogP contribution < -0.4 is 4.72 Å². The molecule has 2 aromatic carbocycles. The van der Waals surface area contributed by atoms with Gasteiger partial charge in [-0.15, -0.1) is 0 Å². The van der Waals surface area contributed by atoms with Crippen molar-refractivity contribution in [3.8, 4) is 0 Å². The van der Waals surface area contributed by atoms with Crippen LogP contribution in [-0.4, -0.2) is 22.1 Å². The highest BCUT2D eigenvalue weighted by molar-refractivity contribution is 7.92. The summed E-state index contributed by atoms with van der Waals surface area (Å²) in [6, 6.07) is 17.3. The van der Waals surface area contributed by atoms with Crippen LogP contribution in [0, 0.1) is 6.92 Å². The number of ether oxygens (including phenoxy) is 1. The quantitative estimate of drug-likeness (QED) is 0.779. The summed E-state index contributed by atoms with van der Waals surface area (Å²) < 4.78 is 33.0. The molecule has 0 spiro atoms. The fourth-order valence-electron chi connectivity index (χ4n) is 2.62. The topological polar surface area (TPSA) is 55.4 Å². The summed E-state index contributed by atoms with van der Waals surface area (Å²) >= 11 is 0. The summed E-state index contributed by atoms with van der Waals surface area (Å²) in [6.45, 7) is 4.14. The standard InChI is InChI=1S/C20H25NO3S/c1-4-20(24-3,19-8-6-5-7-9-19)16-21-25(22,23)15-14-18-12-10-17(2)11-13-18/h5-15,21H,4,16H2,1-3H3. The lowest BCUT2D eigenvalue weighted by molar-refractivity contribution is -0.0132. The van der Waals surface area contributed by atoms with Gasteiger partial charge < -0.3 is 4.74 Å². The second-order valence-corrected chi connectivity index (χ2v) is 7.65. The first-order valence-corrected chi connectivity index (χ1v) is 9.80. The minimum atomic E-state index is -3.56. The molecule has 0 saturated carbocycles. The summed E-state index contributed by atoms with van der Waals surface area (Å²) in [6.07, 6.45) is 2.24. The predicted molar refractivity (Wildman–Crippen MR) is 103 cm³/mol. The van der Waals surface area contributed by atoms with Crippen molar-refractivity contribution >= 4 is 16.1 Å². The van der Waals surface area contributed by atoms with Gasteiger partial charge in [0.05, 0.1) is 0 Å². The van der Waals surface area contributed by atoms with E-state index >= 15 is 0 Å². The van der Waals surface area contributed by atoms with Crippen LogP contribution >= 0.6 is 0 Å². The zero-order chi connectivity index (χ0) is 18.3. The third-order valence-corrected chi connectivity index (χ3v) is 5.38. The molecule has 5 heteroatoms. The summed E-state index contributed by atoms with van der Waals surface area (Å²) in [7, 11) is -1.96. The summed E-state index contributed by atoms with van der Waals surface area (Å²) in [5.74, 6) is 0. The molecular weight excluding hydrogens is 334 g/mol. The maximum Gasteiger partial charge on any atom is 0.233 e. The van der Waals surface area contributed by atoms with Gasteiger partial charge in [-0.25, -0.2) is 13.1 Å². The zero-order valence-corrected chi connectivity index (χ0v) is 15.7. The van der Waals surface area contributed by atoms with Gasteiger partial charge in [-0.2, -0.15) is 0 Å². The molecule has 1 atom stereocenters. The fraction of sp³-hybridized carbons (Fsp3) is 0.300. The third-order valence-electron chi connectivity index (χ3n) is 4.34. The smallest absolute Gasteiger partial charge is 0.233 e. The molecule has 0 saturated heterocycles. The first-order valence-electron chi connectivity index (χ1n) is 8.26. The number of sulfonamides is 1. The normalized spacial score (nSPS) is 14.5. The highest BCUT2D eigenvalue weighted by atomic mass is 32.2. The Bertz CT molecular complexity index is 793. The van der Waals surface area contributed by atoms with Crippen LogP contribution in [0.1, 0.15) is 30.0 Å². The molecule has 0 aliphatic rings. The predicted octanol–water partition coefficient (Wildman–Crippen LogP) is 3.84. The number of nitrogens with one attached hydrogen (secondary N) is 1. The van der Waals surface area contributed by atoms with Crippen LogP contribution in [0.5, 0.6) is 0 Å². The van der Waals surface area contributed by atoms with Crippen LogP contribution in [0.3, 0.4) is 0 Å². The Morgan fingerprint density at radius 3 is 2.28 bits per heavy atom. The van der Waals surface area contributed by atoms with Crippen LogP contribution in [0.25, 0.3) is 6.08 Å². The molecule has 0 bridgehead atoms. The number of methoxy groups -OCH3 is 1. The second kappa shape index (κ2) is 8.43. The SMILES string of the molecule is CCC(CNS(=O)(=O)C=Cc1ccc(C)cc1)(OC)c1ccccc1. The molecule has 0 aliphatic heterocycles. The van der Waals surface area contributed by atoms with Gasteiger partial charge in [-0.3, -0.25) is 0 Å². The number of hydrogen-bond donors (Lipinski definition) is 1. The van der Waals surface area contributed by atoms with Crippen molar-refractivity contribution in [2.24, 2.45) is 0 Å². The number of hydrogen-bond acceptors (Lipinski definition) is 3. The Labute approximate surface area is 150 Å². The molecule has 1 unspecified atom stereocenters. The molecule has 2 rings (SSSR count). The van der Waals surface area contributed by atoms with E-state index in [1.54, 1.807) is 13.2 Å². The zero-order valence-electron chi connectivity index (χ0n) is 14.9. The van der Waals surface area contributed by atoms with E-state index in [9.17, 15) is 8.42 Å². The molecule has 0 radical (unpaired) electrons. The highest BCUT2D eigenvalue weighted by Crippen LogP contribution is 2.28. The molecule has 1 N–H and O–H groups in total. The van der Waals surface area contributed by atoms with Gasteiger partial charge in [0.15, 0.2) is 0 Å². The largest absolute Gasteiger partial charge is 0.372 e. The summed E-state index contributed by atoms with van der Waals surface area (Å²) in [5, 5.41) is 1.19. The number of rotatable bonds is 8. The Kier molecular flexibility index (Phi) is 6.53. The van der Waals surface area contributed by atoms with E-state index in [1.165, 1.54) is 5.41 Å². The molecule has 0 amide bonds. The number of benzene rings is 2. The Morgan fingerprint density at radius 2 is 1.72 bits per heavy atom. The van der Waals surface area contributed by atoms with Crippen molar-refractivity contribution in [1.82, 2.24) is 4.72 Å². The van der Waals surface area contributed by atoms with E-state index in [1.807, 2.05) is 68.4 Å². The molecular formula is C20H25NO3S. The minimum absolute atomic E-state index is 0.171. The van der Waals surface area contributed by atoms with Crippen LogP contribution in [-0.2, 0) is 20.4 Å². The number of aryl methyl sites for hydroxylation is 1. The van der Waals surface area contributed by atoms with Gasteiger partial charge in [0, 0.05) is 19.1 Å². The maximum absolute atomic E-state index is 12.3. The Balaban J connectivity index is 2.12. The van der Waals surface area contributed by atoms with Crippen LogP contribution in [0.2, 0.25) is 0 Å². The molecule has 2 aromatic rings. The molecule has 0 fully saturated rings. The molecule has 0 heterocycles. The molecule has 0 aliphatic carbocycles. The Hall–Kier alpha value is -1.95. The van der Waals surface area contributed by atoms with E-state index < -0.39 is 15.6 Å². The van der Waals surface area contributed by atoms with Gasteiger partial charge in [0.25, 0.3) is 0 Å². The Morgan fingerprint density at radius 1 is 1.08 bits per heavy atom. The summed E-state index contributed by atoms with van der Waals surface area (Å²) in [5.41, 5.74) is 2.23. The van der Waals surface area contributed by atoms with Gasteiger partial charge in [0.2, 0.25) is 10.0 Å². The lowest BCUT2D eigenvalue weighted by Crippen LogP contribution is -2.41. The van der Waals surface area contributed by atoms with Gasteiger partial charge in [0.1, 0.15) is 5.60 Å². The van der Waals surface area contributed by atoms with Gasteiger partial charge in [-0.05, 0) is 30.5 Å². The molecule has 25 heavy (non-hydrogen) atoms. The minimum Gasteiger partial charge on any atom is -0.372 e. The van der Waals surface area contributed by atoms with Crippen molar-refractivity contribution in [3.05, 3.63) is 76.7 Å². The maximum atomic E-state index is 12.3.